The van der Waals surface area contributed by atoms with Crippen LogP contribution >= 0.6 is 0 Å². The van der Waals surface area contributed by atoms with Gasteiger partial charge in [0.15, 0.2) is 11.6 Å². The lowest BCUT2D eigenvalue weighted by atomic mass is 10.1. The fraction of sp³-hybridized carbons (Fsp3) is 0.294. The van der Waals surface area contributed by atoms with E-state index in [9.17, 15) is 9.50 Å². The Morgan fingerprint density at radius 1 is 1.10 bits per heavy atom. The molecular weight excluding hydrogens is 271 g/mol. The summed E-state index contributed by atoms with van der Waals surface area (Å²) in [6, 6.07) is 11.8. The first kappa shape index (κ1) is 15.3. The second-order valence-corrected chi connectivity index (χ2v) is 4.73. The van der Waals surface area contributed by atoms with E-state index < -0.39 is 11.9 Å². The number of aryl methyl sites for hydroxylation is 1. The molecule has 0 fully saturated rings. The Hall–Kier alpha value is -2.07. The highest BCUT2D eigenvalue weighted by Gasteiger charge is 2.15. The van der Waals surface area contributed by atoms with Crippen LogP contribution in [0.15, 0.2) is 42.5 Å². The van der Waals surface area contributed by atoms with Gasteiger partial charge in [0.25, 0.3) is 0 Å². The van der Waals surface area contributed by atoms with E-state index >= 15 is 0 Å². The Morgan fingerprint density at radius 3 is 2.62 bits per heavy atom. The van der Waals surface area contributed by atoms with E-state index in [2.05, 4.69) is 0 Å². The summed E-state index contributed by atoms with van der Waals surface area (Å²) in [4.78, 5) is 0. The van der Waals surface area contributed by atoms with E-state index in [1.54, 1.807) is 24.3 Å². The smallest absolute Gasteiger partial charge is 0.165 e. The van der Waals surface area contributed by atoms with Gasteiger partial charge in [-0.1, -0.05) is 24.3 Å². The lowest BCUT2D eigenvalue weighted by Gasteiger charge is -2.16. The van der Waals surface area contributed by atoms with Crippen molar-refractivity contribution in [1.82, 2.24) is 0 Å². The first-order chi connectivity index (χ1) is 10.1. The number of hydrogen-bond donors (Lipinski definition) is 1. The number of rotatable bonds is 6. The quantitative estimate of drug-likeness (QED) is 0.882. The van der Waals surface area contributed by atoms with Crippen LogP contribution < -0.4 is 9.47 Å². The summed E-state index contributed by atoms with van der Waals surface area (Å²) >= 11 is 0. The van der Waals surface area contributed by atoms with Crippen LogP contribution in [0.5, 0.6) is 11.5 Å². The van der Waals surface area contributed by atoms with Crippen LogP contribution in [0.1, 0.15) is 24.2 Å². The summed E-state index contributed by atoms with van der Waals surface area (Å²) in [5, 5.41) is 10.2. The minimum absolute atomic E-state index is 0.0372. The summed E-state index contributed by atoms with van der Waals surface area (Å²) in [7, 11) is 0. The fourth-order valence-electron chi connectivity index (χ4n) is 2.02. The molecule has 0 bridgehead atoms. The number of aliphatic hydroxyl groups excluding tert-OH is 1. The van der Waals surface area contributed by atoms with Gasteiger partial charge in [-0.15, -0.1) is 0 Å². The predicted molar refractivity (Wildman–Crippen MR) is 79.2 cm³/mol. The van der Waals surface area contributed by atoms with Gasteiger partial charge < -0.3 is 14.6 Å². The lowest BCUT2D eigenvalue weighted by molar-refractivity contribution is 0.103. The summed E-state index contributed by atoms with van der Waals surface area (Å²) < 4.78 is 24.4. The normalized spacial score (nSPS) is 12.0. The molecule has 0 aromatic heterocycles. The third-order valence-corrected chi connectivity index (χ3v) is 3.06. The maximum Gasteiger partial charge on any atom is 0.165 e. The largest absolute Gasteiger partial charge is 0.493 e. The molecule has 1 atom stereocenters. The maximum absolute atomic E-state index is 13.6. The topological polar surface area (TPSA) is 38.7 Å². The molecule has 0 aliphatic rings. The number of ether oxygens (including phenoxy) is 2. The molecule has 1 N–H and O–H groups in total. The summed E-state index contributed by atoms with van der Waals surface area (Å²) in [6.45, 7) is 4.20. The molecule has 0 heterocycles. The second-order valence-electron chi connectivity index (χ2n) is 4.73. The second kappa shape index (κ2) is 7.09. The molecule has 0 saturated carbocycles. The molecule has 0 saturated heterocycles. The summed E-state index contributed by atoms with van der Waals surface area (Å²) in [5.74, 6) is 0.314. The number of benzene rings is 2. The zero-order chi connectivity index (χ0) is 15.2. The summed E-state index contributed by atoms with van der Waals surface area (Å²) in [6.07, 6.45) is -0.882. The highest BCUT2D eigenvalue weighted by Crippen LogP contribution is 2.26. The molecule has 0 spiro atoms. The van der Waals surface area contributed by atoms with E-state index in [0.29, 0.717) is 17.9 Å². The predicted octanol–water partition coefficient (Wildman–Crippen LogP) is 3.65. The van der Waals surface area contributed by atoms with E-state index in [-0.39, 0.29) is 12.4 Å². The summed E-state index contributed by atoms with van der Waals surface area (Å²) in [5.41, 5.74) is 1.53. The molecule has 2 aromatic rings. The third kappa shape index (κ3) is 3.95. The average molecular weight is 290 g/mol. The van der Waals surface area contributed by atoms with Crippen molar-refractivity contribution >= 4 is 0 Å². The Morgan fingerprint density at radius 2 is 1.86 bits per heavy atom. The standard InChI is InChI=1S/C17H19FO3/c1-3-20-16-7-5-4-6-13(16)15(19)11-21-17-10-12(2)8-9-14(17)18/h4-10,15,19H,3,11H2,1-2H3. The lowest BCUT2D eigenvalue weighted by Crippen LogP contribution is -2.12. The minimum atomic E-state index is -0.882. The molecule has 2 rings (SSSR count). The van der Waals surface area contributed by atoms with Crippen molar-refractivity contribution in [3.8, 4) is 11.5 Å². The Labute approximate surface area is 124 Å². The van der Waals surface area contributed by atoms with Crippen molar-refractivity contribution in [1.29, 1.82) is 0 Å². The van der Waals surface area contributed by atoms with Crippen molar-refractivity contribution in [2.24, 2.45) is 0 Å². The zero-order valence-electron chi connectivity index (χ0n) is 12.2. The van der Waals surface area contributed by atoms with Crippen LogP contribution in [-0.4, -0.2) is 18.3 Å². The molecule has 0 amide bonds. The third-order valence-electron chi connectivity index (χ3n) is 3.06. The average Bonchev–Trinajstić information content (AvgIpc) is 2.49. The monoisotopic (exact) mass is 290 g/mol. The number of aliphatic hydroxyl groups is 1. The van der Waals surface area contributed by atoms with Crippen molar-refractivity contribution in [2.45, 2.75) is 20.0 Å². The highest BCUT2D eigenvalue weighted by molar-refractivity contribution is 5.35. The van der Waals surface area contributed by atoms with E-state index in [1.165, 1.54) is 6.07 Å². The van der Waals surface area contributed by atoms with Gasteiger partial charge in [0.05, 0.1) is 6.61 Å². The van der Waals surface area contributed by atoms with Gasteiger partial charge in [-0.2, -0.15) is 0 Å². The first-order valence-electron chi connectivity index (χ1n) is 6.90. The van der Waals surface area contributed by atoms with Crippen molar-refractivity contribution < 1.29 is 19.0 Å². The van der Waals surface area contributed by atoms with Gasteiger partial charge in [0, 0.05) is 5.56 Å². The van der Waals surface area contributed by atoms with E-state index in [0.717, 1.165) is 5.56 Å². The molecule has 3 nitrogen and oxygen atoms in total. The molecule has 1 unspecified atom stereocenters. The molecule has 112 valence electrons. The molecule has 0 aliphatic carbocycles. The van der Waals surface area contributed by atoms with Crippen LogP contribution in [-0.2, 0) is 0 Å². The van der Waals surface area contributed by atoms with E-state index in [4.69, 9.17) is 9.47 Å². The molecule has 2 aromatic carbocycles. The molecule has 0 aliphatic heterocycles. The van der Waals surface area contributed by atoms with Crippen LogP contribution in [0.2, 0.25) is 0 Å². The Balaban J connectivity index is 2.08. The van der Waals surface area contributed by atoms with Gasteiger partial charge in [-0.3, -0.25) is 0 Å². The Bertz CT molecular complexity index is 598. The van der Waals surface area contributed by atoms with Gasteiger partial charge in [0.2, 0.25) is 0 Å². The van der Waals surface area contributed by atoms with Crippen LogP contribution in [0.4, 0.5) is 4.39 Å². The fourth-order valence-corrected chi connectivity index (χ4v) is 2.02. The van der Waals surface area contributed by atoms with E-state index in [1.807, 2.05) is 26.0 Å². The van der Waals surface area contributed by atoms with Crippen molar-refractivity contribution in [3.05, 3.63) is 59.4 Å². The molecule has 21 heavy (non-hydrogen) atoms. The van der Waals surface area contributed by atoms with Crippen LogP contribution in [0.3, 0.4) is 0 Å². The molecular formula is C17H19FO3. The van der Waals surface area contributed by atoms with Crippen molar-refractivity contribution in [2.75, 3.05) is 13.2 Å². The number of para-hydroxylation sites is 1. The minimum Gasteiger partial charge on any atom is -0.493 e. The number of hydrogen-bond acceptors (Lipinski definition) is 3. The first-order valence-corrected chi connectivity index (χ1v) is 6.90. The van der Waals surface area contributed by atoms with Gasteiger partial charge in [0.1, 0.15) is 18.5 Å². The van der Waals surface area contributed by atoms with Gasteiger partial charge in [-0.05, 0) is 37.6 Å². The van der Waals surface area contributed by atoms with Crippen LogP contribution in [0, 0.1) is 12.7 Å². The maximum atomic E-state index is 13.6. The molecule has 4 heteroatoms. The zero-order valence-corrected chi connectivity index (χ0v) is 12.2. The highest BCUT2D eigenvalue weighted by atomic mass is 19.1. The van der Waals surface area contributed by atoms with Gasteiger partial charge >= 0.3 is 0 Å². The van der Waals surface area contributed by atoms with Gasteiger partial charge in [-0.25, -0.2) is 4.39 Å². The SMILES string of the molecule is CCOc1ccccc1C(O)COc1cc(C)ccc1F. The van der Waals surface area contributed by atoms with Crippen molar-refractivity contribution in [3.63, 3.8) is 0 Å². The molecule has 0 radical (unpaired) electrons. The van der Waals surface area contributed by atoms with Crippen LogP contribution in [0.25, 0.3) is 0 Å². The number of halogens is 1. The Kier molecular flexibility index (Phi) is 5.17.